The van der Waals surface area contributed by atoms with Gasteiger partial charge in [-0.25, -0.2) is 0 Å². The molecule has 0 aromatic carbocycles. The molecule has 0 fully saturated rings. The van der Waals surface area contributed by atoms with Gasteiger partial charge in [-0.1, -0.05) is 6.58 Å². The molecule has 0 atom stereocenters. The van der Waals surface area contributed by atoms with Crippen molar-refractivity contribution in [1.29, 1.82) is 0 Å². The van der Waals surface area contributed by atoms with Crippen LogP contribution in [-0.2, 0) is 4.74 Å². The second-order valence-electron chi connectivity index (χ2n) is 2.81. The molecule has 0 saturated heterocycles. The molecule has 0 radical (unpaired) electrons. The first kappa shape index (κ1) is 11.0. The number of aromatic nitrogens is 3. The topological polar surface area (TPSA) is 103 Å². The minimum atomic E-state index is 0.106. The van der Waals surface area contributed by atoms with E-state index in [-0.39, 0.29) is 11.9 Å². The zero-order valence-electron chi connectivity index (χ0n) is 8.55. The second-order valence-corrected chi connectivity index (χ2v) is 2.81. The van der Waals surface area contributed by atoms with Gasteiger partial charge in [-0.2, -0.15) is 15.0 Å². The van der Waals surface area contributed by atoms with E-state index in [1.807, 2.05) is 0 Å². The van der Waals surface area contributed by atoms with Crippen molar-refractivity contribution in [2.45, 2.75) is 0 Å². The maximum Gasteiger partial charge on any atom is 0.231 e. The highest BCUT2D eigenvalue weighted by Crippen LogP contribution is 2.07. The highest BCUT2D eigenvalue weighted by atomic mass is 16.5. The summed E-state index contributed by atoms with van der Waals surface area (Å²) in [5.74, 6) is 0.635. The van der Waals surface area contributed by atoms with Crippen LogP contribution in [0.25, 0.3) is 0 Å². The van der Waals surface area contributed by atoms with Crippen LogP contribution in [0, 0.1) is 0 Å². The van der Waals surface area contributed by atoms with E-state index in [0.717, 1.165) is 0 Å². The summed E-state index contributed by atoms with van der Waals surface area (Å²) in [4.78, 5) is 13.3. The number of hydrogen-bond donors (Lipinski definition) is 2. The van der Waals surface area contributed by atoms with Crippen LogP contribution in [0.4, 0.5) is 17.8 Å². The zero-order valence-corrected chi connectivity index (χ0v) is 8.55. The Morgan fingerprint density at radius 2 is 1.93 bits per heavy atom. The van der Waals surface area contributed by atoms with Crippen molar-refractivity contribution in [3.63, 3.8) is 0 Å². The van der Waals surface area contributed by atoms with Crippen LogP contribution >= 0.6 is 0 Å². The molecule has 1 rings (SSSR count). The van der Waals surface area contributed by atoms with Crippen LogP contribution in [0.3, 0.4) is 0 Å². The van der Waals surface area contributed by atoms with Crippen LogP contribution in [0.15, 0.2) is 12.8 Å². The predicted octanol–water partition coefficient (Wildman–Crippen LogP) is -0.368. The fraction of sp³-hybridized carbons (Fsp3) is 0.375. The van der Waals surface area contributed by atoms with Crippen LogP contribution in [0.5, 0.6) is 0 Å². The summed E-state index contributed by atoms with van der Waals surface area (Å²) >= 11 is 0. The van der Waals surface area contributed by atoms with Gasteiger partial charge in [-0.3, -0.25) is 0 Å². The zero-order chi connectivity index (χ0) is 11.3. The average molecular weight is 210 g/mol. The van der Waals surface area contributed by atoms with Crippen molar-refractivity contribution in [3.8, 4) is 0 Å². The maximum absolute atomic E-state index is 5.44. The Balaban J connectivity index is 2.64. The van der Waals surface area contributed by atoms with Crippen LogP contribution in [-0.4, -0.2) is 35.2 Å². The summed E-state index contributed by atoms with van der Waals surface area (Å²) in [5, 5.41) is 0. The van der Waals surface area contributed by atoms with Gasteiger partial charge in [0.1, 0.15) is 6.61 Å². The number of nitrogens with zero attached hydrogens (tertiary/aromatic N) is 4. The van der Waals surface area contributed by atoms with Gasteiger partial charge in [0, 0.05) is 7.05 Å². The fourth-order valence-corrected chi connectivity index (χ4v) is 0.941. The highest BCUT2D eigenvalue weighted by Gasteiger charge is 2.06. The van der Waals surface area contributed by atoms with E-state index in [1.165, 1.54) is 6.26 Å². The van der Waals surface area contributed by atoms with Crippen molar-refractivity contribution in [2.24, 2.45) is 0 Å². The van der Waals surface area contributed by atoms with Crippen molar-refractivity contribution in [3.05, 3.63) is 12.8 Å². The second kappa shape index (κ2) is 4.99. The first-order valence-electron chi connectivity index (χ1n) is 4.34. The van der Waals surface area contributed by atoms with E-state index in [0.29, 0.717) is 19.1 Å². The Labute approximate surface area is 87.8 Å². The normalized spacial score (nSPS) is 9.67. The summed E-state index contributed by atoms with van der Waals surface area (Å²) < 4.78 is 4.97. The van der Waals surface area contributed by atoms with Gasteiger partial charge in [-0.15, -0.1) is 0 Å². The molecule has 82 valence electrons. The summed E-state index contributed by atoms with van der Waals surface area (Å²) in [7, 11) is 1.81. The number of hydrogen-bond acceptors (Lipinski definition) is 7. The highest BCUT2D eigenvalue weighted by molar-refractivity contribution is 5.38. The maximum atomic E-state index is 5.44. The van der Waals surface area contributed by atoms with Crippen molar-refractivity contribution < 1.29 is 4.74 Å². The van der Waals surface area contributed by atoms with Gasteiger partial charge in [0.2, 0.25) is 17.8 Å². The lowest BCUT2D eigenvalue weighted by Crippen LogP contribution is -2.25. The van der Waals surface area contributed by atoms with E-state index >= 15 is 0 Å². The summed E-state index contributed by atoms with van der Waals surface area (Å²) in [6, 6.07) is 0. The molecule has 0 spiro atoms. The standard InChI is InChI=1S/C8H14N6O/c1-3-15-5-4-14(2)8-12-6(9)11-7(10)13-8/h3H,1,4-5H2,2H3,(H4,9,10,11,12,13). The number of anilines is 3. The molecule has 1 aromatic rings. The van der Waals surface area contributed by atoms with E-state index in [9.17, 15) is 0 Å². The quantitative estimate of drug-likeness (QED) is 0.505. The smallest absolute Gasteiger partial charge is 0.231 e. The molecule has 4 N–H and O–H groups in total. The van der Waals surface area contributed by atoms with E-state index in [1.54, 1.807) is 11.9 Å². The van der Waals surface area contributed by atoms with Crippen LogP contribution in [0.2, 0.25) is 0 Å². The number of ether oxygens (including phenoxy) is 1. The van der Waals surface area contributed by atoms with Gasteiger partial charge in [0.15, 0.2) is 0 Å². The van der Waals surface area contributed by atoms with Crippen LogP contribution in [0.1, 0.15) is 0 Å². The Kier molecular flexibility index (Phi) is 3.67. The third-order valence-corrected chi connectivity index (χ3v) is 1.66. The van der Waals surface area contributed by atoms with E-state index < -0.39 is 0 Å². The molecule has 1 aromatic heterocycles. The van der Waals surface area contributed by atoms with Gasteiger partial charge >= 0.3 is 0 Å². The van der Waals surface area contributed by atoms with Crippen molar-refractivity contribution in [1.82, 2.24) is 15.0 Å². The Morgan fingerprint density at radius 1 is 1.33 bits per heavy atom. The Hall–Kier alpha value is -2.05. The fourth-order valence-electron chi connectivity index (χ4n) is 0.941. The van der Waals surface area contributed by atoms with Gasteiger partial charge in [0.05, 0.1) is 12.8 Å². The lowest BCUT2D eigenvalue weighted by atomic mass is 10.6. The molecule has 15 heavy (non-hydrogen) atoms. The Morgan fingerprint density at radius 3 is 2.47 bits per heavy atom. The number of likely N-dealkylation sites (N-methyl/N-ethyl adjacent to an activating group) is 1. The summed E-state index contributed by atoms with van der Waals surface area (Å²) in [6.45, 7) is 4.53. The molecule has 1 heterocycles. The molecule has 0 aliphatic heterocycles. The Bertz CT molecular complexity index is 322. The lowest BCUT2D eigenvalue weighted by molar-refractivity contribution is 0.259. The summed E-state index contributed by atoms with van der Waals surface area (Å²) in [5.41, 5.74) is 10.9. The molecular weight excluding hydrogens is 196 g/mol. The van der Waals surface area contributed by atoms with Gasteiger partial charge < -0.3 is 21.1 Å². The molecular formula is C8H14N6O. The van der Waals surface area contributed by atoms with Crippen molar-refractivity contribution >= 4 is 17.8 Å². The molecule has 0 amide bonds. The first-order valence-corrected chi connectivity index (χ1v) is 4.34. The SMILES string of the molecule is C=COCCN(C)c1nc(N)nc(N)n1. The average Bonchev–Trinajstić information content (AvgIpc) is 2.16. The minimum absolute atomic E-state index is 0.106. The molecule has 0 saturated carbocycles. The largest absolute Gasteiger partial charge is 0.500 e. The molecule has 0 aliphatic rings. The molecule has 7 nitrogen and oxygen atoms in total. The predicted molar refractivity (Wildman–Crippen MR) is 58.1 cm³/mol. The van der Waals surface area contributed by atoms with Gasteiger partial charge in [-0.05, 0) is 0 Å². The number of nitrogens with two attached hydrogens (primary N) is 2. The van der Waals surface area contributed by atoms with Gasteiger partial charge in [0.25, 0.3) is 0 Å². The minimum Gasteiger partial charge on any atom is -0.500 e. The molecule has 7 heteroatoms. The third-order valence-electron chi connectivity index (χ3n) is 1.66. The van der Waals surface area contributed by atoms with Crippen molar-refractivity contribution in [2.75, 3.05) is 36.6 Å². The first-order chi connectivity index (χ1) is 7.13. The number of rotatable bonds is 5. The van der Waals surface area contributed by atoms with E-state index in [2.05, 4.69) is 21.5 Å². The number of nitrogen functional groups attached to an aromatic ring is 2. The molecule has 0 unspecified atom stereocenters. The molecule has 0 aliphatic carbocycles. The van der Waals surface area contributed by atoms with Crippen LogP contribution < -0.4 is 16.4 Å². The lowest BCUT2D eigenvalue weighted by Gasteiger charge is -2.16. The summed E-state index contributed by atoms with van der Waals surface area (Å²) in [6.07, 6.45) is 1.38. The third kappa shape index (κ3) is 3.29. The van der Waals surface area contributed by atoms with E-state index in [4.69, 9.17) is 16.2 Å². The molecule has 0 bridgehead atoms. The monoisotopic (exact) mass is 210 g/mol.